The van der Waals surface area contributed by atoms with Crippen LogP contribution >= 0.6 is 0 Å². The van der Waals surface area contributed by atoms with Gasteiger partial charge in [0.15, 0.2) is 0 Å². The number of rotatable bonds is 3. The van der Waals surface area contributed by atoms with Crippen molar-refractivity contribution in [2.75, 3.05) is 0 Å². The van der Waals surface area contributed by atoms with Crippen molar-refractivity contribution in [3.63, 3.8) is 0 Å². The number of nitrogens with two attached hydrogens (primary N) is 1. The van der Waals surface area contributed by atoms with Gasteiger partial charge in [-0.05, 0) is 18.8 Å². The maximum Gasteiger partial charge on any atom is 0.00412 e. The molecule has 0 fully saturated rings. The molecule has 0 amide bonds. The van der Waals surface area contributed by atoms with Gasteiger partial charge in [-0.2, -0.15) is 0 Å². The van der Waals surface area contributed by atoms with Crippen LogP contribution in [-0.4, -0.2) is 6.04 Å². The molecule has 0 bridgehead atoms. The van der Waals surface area contributed by atoms with E-state index in [1.54, 1.807) is 0 Å². The molecule has 0 saturated heterocycles. The summed E-state index contributed by atoms with van der Waals surface area (Å²) < 4.78 is 0. The molecular formula is C7H16N. The van der Waals surface area contributed by atoms with Crippen molar-refractivity contribution >= 4 is 0 Å². The zero-order valence-corrected chi connectivity index (χ0v) is 5.85. The Kier molecular flexibility index (Phi) is 3.88. The summed E-state index contributed by atoms with van der Waals surface area (Å²) >= 11 is 0. The molecule has 0 aromatic heterocycles. The first-order chi connectivity index (χ1) is 3.66. The zero-order chi connectivity index (χ0) is 6.57. The largest absolute Gasteiger partial charge is 0.328 e. The summed E-state index contributed by atoms with van der Waals surface area (Å²) in [5.41, 5.74) is 5.61. The SMILES string of the molecule is [CH2]C[C@H](N)CC(C)C. The molecule has 0 aliphatic carbocycles. The van der Waals surface area contributed by atoms with Crippen molar-refractivity contribution in [2.45, 2.75) is 32.7 Å². The Morgan fingerprint density at radius 3 is 2.12 bits per heavy atom. The van der Waals surface area contributed by atoms with Gasteiger partial charge in [0, 0.05) is 6.04 Å². The van der Waals surface area contributed by atoms with Gasteiger partial charge in [-0.25, -0.2) is 0 Å². The van der Waals surface area contributed by atoms with E-state index in [0.29, 0.717) is 12.0 Å². The smallest absolute Gasteiger partial charge is 0.00412 e. The van der Waals surface area contributed by atoms with Gasteiger partial charge in [-0.1, -0.05) is 20.8 Å². The topological polar surface area (TPSA) is 26.0 Å². The van der Waals surface area contributed by atoms with Crippen LogP contribution in [0.15, 0.2) is 0 Å². The van der Waals surface area contributed by atoms with Crippen LogP contribution in [0.1, 0.15) is 26.7 Å². The fourth-order valence-corrected chi connectivity index (χ4v) is 0.723. The molecule has 0 spiro atoms. The Bertz CT molecular complexity index is 50.3. The normalized spacial score (nSPS) is 14.6. The van der Waals surface area contributed by atoms with Crippen molar-refractivity contribution in [3.8, 4) is 0 Å². The first-order valence-electron chi connectivity index (χ1n) is 3.21. The van der Waals surface area contributed by atoms with Crippen molar-refractivity contribution in [1.82, 2.24) is 0 Å². The maximum atomic E-state index is 5.61. The molecule has 2 N–H and O–H groups in total. The minimum absolute atomic E-state index is 0.315. The Labute approximate surface area is 52.3 Å². The van der Waals surface area contributed by atoms with Gasteiger partial charge < -0.3 is 5.73 Å². The van der Waals surface area contributed by atoms with Crippen LogP contribution in [0.5, 0.6) is 0 Å². The molecular weight excluding hydrogens is 98.1 g/mol. The van der Waals surface area contributed by atoms with Gasteiger partial charge in [0.25, 0.3) is 0 Å². The second-order valence-corrected chi connectivity index (χ2v) is 2.68. The van der Waals surface area contributed by atoms with Crippen LogP contribution in [0.3, 0.4) is 0 Å². The van der Waals surface area contributed by atoms with Crippen LogP contribution < -0.4 is 5.73 Å². The fourth-order valence-electron chi connectivity index (χ4n) is 0.723. The van der Waals surface area contributed by atoms with Gasteiger partial charge >= 0.3 is 0 Å². The molecule has 0 aromatic carbocycles. The third kappa shape index (κ3) is 4.13. The van der Waals surface area contributed by atoms with Crippen molar-refractivity contribution in [3.05, 3.63) is 6.92 Å². The highest BCUT2D eigenvalue weighted by Gasteiger charge is 2.00. The molecule has 1 nitrogen and oxygen atoms in total. The first-order valence-corrected chi connectivity index (χ1v) is 3.21. The summed E-state index contributed by atoms with van der Waals surface area (Å²) in [6.07, 6.45) is 1.96. The summed E-state index contributed by atoms with van der Waals surface area (Å²) in [5.74, 6) is 0.715. The van der Waals surface area contributed by atoms with Gasteiger partial charge in [-0.3, -0.25) is 0 Å². The van der Waals surface area contributed by atoms with E-state index in [0.717, 1.165) is 12.8 Å². The first kappa shape index (κ1) is 7.96. The van der Waals surface area contributed by atoms with Gasteiger partial charge in [-0.15, -0.1) is 0 Å². The monoisotopic (exact) mass is 114 g/mol. The minimum Gasteiger partial charge on any atom is -0.328 e. The molecule has 0 aromatic rings. The quantitative estimate of drug-likeness (QED) is 0.592. The zero-order valence-electron chi connectivity index (χ0n) is 5.85. The summed E-state index contributed by atoms with van der Waals surface area (Å²) in [5, 5.41) is 0. The molecule has 0 unspecified atom stereocenters. The van der Waals surface area contributed by atoms with Crippen LogP contribution in [0, 0.1) is 12.8 Å². The fraction of sp³-hybridized carbons (Fsp3) is 0.857. The van der Waals surface area contributed by atoms with E-state index in [-0.39, 0.29) is 0 Å². The molecule has 0 saturated carbocycles. The third-order valence-electron chi connectivity index (χ3n) is 1.14. The van der Waals surface area contributed by atoms with Crippen molar-refractivity contribution < 1.29 is 0 Å². The summed E-state index contributed by atoms with van der Waals surface area (Å²) in [6.45, 7) is 8.07. The molecule has 0 aliphatic heterocycles. The number of hydrogen-bond donors (Lipinski definition) is 1. The molecule has 1 heteroatoms. The lowest BCUT2D eigenvalue weighted by molar-refractivity contribution is 0.497. The highest BCUT2D eigenvalue weighted by atomic mass is 14.6. The van der Waals surface area contributed by atoms with E-state index < -0.39 is 0 Å². The van der Waals surface area contributed by atoms with E-state index in [4.69, 9.17) is 5.73 Å². The Morgan fingerprint density at radius 2 is 2.00 bits per heavy atom. The summed E-state index contributed by atoms with van der Waals surface area (Å²) in [4.78, 5) is 0. The van der Waals surface area contributed by atoms with Crippen LogP contribution in [0.2, 0.25) is 0 Å². The van der Waals surface area contributed by atoms with Gasteiger partial charge in [0.1, 0.15) is 0 Å². The summed E-state index contributed by atoms with van der Waals surface area (Å²) in [7, 11) is 0. The maximum absolute atomic E-state index is 5.61. The predicted octanol–water partition coefficient (Wildman–Crippen LogP) is 1.58. The average Bonchev–Trinajstić information content (AvgIpc) is 1.65. The minimum atomic E-state index is 0.315. The van der Waals surface area contributed by atoms with Crippen LogP contribution in [0.25, 0.3) is 0 Å². The molecule has 0 rings (SSSR count). The second-order valence-electron chi connectivity index (χ2n) is 2.68. The Morgan fingerprint density at radius 1 is 1.50 bits per heavy atom. The van der Waals surface area contributed by atoms with Crippen molar-refractivity contribution in [1.29, 1.82) is 0 Å². The molecule has 1 atom stereocenters. The molecule has 8 heavy (non-hydrogen) atoms. The molecule has 1 radical (unpaired) electrons. The Balaban J connectivity index is 3.10. The molecule has 0 aliphatic rings. The van der Waals surface area contributed by atoms with Crippen LogP contribution in [-0.2, 0) is 0 Å². The Hall–Kier alpha value is -0.0400. The van der Waals surface area contributed by atoms with Crippen molar-refractivity contribution in [2.24, 2.45) is 11.7 Å². The lowest BCUT2D eigenvalue weighted by Gasteiger charge is -2.09. The van der Waals surface area contributed by atoms with Gasteiger partial charge in [0.2, 0.25) is 0 Å². The van der Waals surface area contributed by atoms with Crippen LogP contribution in [0.4, 0.5) is 0 Å². The second kappa shape index (κ2) is 3.90. The van der Waals surface area contributed by atoms with E-state index in [2.05, 4.69) is 20.8 Å². The van der Waals surface area contributed by atoms with E-state index in [9.17, 15) is 0 Å². The molecule has 0 heterocycles. The highest BCUT2D eigenvalue weighted by Crippen LogP contribution is 2.03. The number of hydrogen-bond acceptors (Lipinski definition) is 1. The van der Waals surface area contributed by atoms with E-state index in [1.807, 2.05) is 0 Å². The lowest BCUT2D eigenvalue weighted by atomic mass is 10.0. The molecule has 49 valence electrons. The highest BCUT2D eigenvalue weighted by molar-refractivity contribution is 4.63. The van der Waals surface area contributed by atoms with E-state index in [1.165, 1.54) is 0 Å². The average molecular weight is 114 g/mol. The standard InChI is InChI=1S/C7H16N/c1-4-7(8)5-6(2)3/h6-7H,1,4-5,8H2,2-3H3/t7-/m0/s1. The lowest BCUT2D eigenvalue weighted by Crippen LogP contribution is -2.20. The van der Waals surface area contributed by atoms with Gasteiger partial charge in [0.05, 0.1) is 0 Å². The summed E-state index contributed by atoms with van der Waals surface area (Å²) in [6, 6.07) is 0.315. The predicted molar refractivity (Wildman–Crippen MR) is 37.4 cm³/mol. The van der Waals surface area contributed by atoms with E-state index >= 15 is 0 Å². The third-order valence-corrected chi connectivity index (χ3v) is 1.14.